The fourth-order valence-electron chi connectivity index (χ4n) is 2.63. The Balaban J connectivity index is 2.16. The van der Waals surface area contributed by atoms with Gasteiger partial charge in [0, 0.05) is 39.4 Å². The molecule has 2 heterocycles. The number of hydrazine groups is 1. The van der Waals surface area contributed by atoms with Gasteiger partial charge < -0.3 is 9.47 Å². The zero-order chi connectivity index (χ0) is 16.3. The summed E-state index contributed by atoms with van der Waals surface area (Å²) in [4.78, 5) is 14.0. The summed E-state index contributed by atoms with van der Waals surface area (Å²) in [7, 11) is -1.96. The van der Waals surface area contributed by atoms with E-state index in [-0.39, 0.29) is 10.6 Å². The molecule has 3 N–H and O–H groups in total. The lowest BCUT2D eigenvalue weighted by molar-refractivity contribution is 0.0945. The van der Waals surface area contributed by atoms with Gasteiger partial charge in [-0.1, -0.05) is 6.92 Å². The minimum Gasteiger partial charge on any atom is -0.345 e. The summed E-state index contributed by atoms with van der Waals surface area (Å²) in [5.41, 5.74) is 2.22. The second-order valence-corrected chi connectivity index (χ2v) is 7.33. The Morgan fingerprint density at radius 3 is 2.50 bits per heavy atom. The minimum absolute atomic E-state index is 0.123. The molecule has 1 fully saturated rings. The number of nitrogens with two attached hydrogens (primary N) is 1. The predicted octanol–water partition coefficient (Wildman–Crippen LogP) is -0.655. The van der Waals surface area contributed by atoms with Crippen molar-refractivity contribution in [3.05, 3.63) is 18.0 Å². The molecule has 1 aromatic rings. The molecule has 124 valence electrons. The van der Waals surface area contributed by atoms with Crippen LogP contribution in [0.4, 0.5) is 0 Å². The van der Waals surface area contributed by atoms with Crippen LogP contribution in [0, 0.1) is 0 Å². The van der Waals surface area contributed by atoms with Gasteiger partial charge in [0.1, 0.15) is 10.6 Å². The van der Waals surface area contributed by atoms with Crippen molar-refractivity contribution >= 4 is 15.9 Å². The summed E-state index contributed by atoms with van der Waals surface area (Å²) in [5, 5.41) is 0. The third-order valence-corrected chi connectivity index (χ3v) is 5.72. The van der Waals surface area contributed by atoms with Crippen LogP contribution in [0.2, 0.25) is 0 Å². The molecule has 0 saturated carbocycles. The van der Waals surface area contributed by atoms with E-state index in [0.29, 0.717) is 13.1 Å². The van der Waals surface area contributed by atoms with Crippen molar-refractivity contribution in [1.82, 2.24) is 19.2 Å². The number of nitrogens with one attached hydrogen (secondary N) is 1. The first kappa shape index (κ1) is 16.9. The molecule has 0 bridgehead atoms. The molecular formula is C13H23N5O3S. The number of aryl methyl sites for hydroxylation is 1. The number of hydrogen-bond donors (Lipinski definition) is 2. The van der Waals surface area contributed by atoms with Crippen LogP contribution in [0.5, 0.6) is 0 Å². The molecule has 1 saturated heterocycles. The fourth-order valence-corrected chi connectivity index (χ4v) is 4.13. The molecule has 0 spiro atoms. The number of nitrogens with zero attached hydrogens (tertiary/aromatic N) is 3. The van der Waals surface area contributed by atoms with Crippen molar-refractivity contribution in [2.45, 2.75) is 18.2 Å². The van der Waals surface area contributed by atoms with Gasteiger partial charge in [0.2, 0.25) is 10.0 Å². The molecular weight excluding hydrogens is 306 g/mol. The SMILES string of the molecule is CCCN1CCN(S(=O)(=O)c2cc(C(=O)NN)n(C)c2)CC1. The van der Waals surface area contributed by atoms with Crippen LogP contribution in [0.3, 0.4) is 0 Å². The Labute approximate surface area is 130 Å². The number of sulfonamides is 1. The first-order valence-corrected chi connectivity index (χ1v) is 8.74. The van der Waals surface area contributed by atoms with Gasteiger partial charge in [0.15, 0.2) is 0 Å². The fraction of sp³-hybridized carbons (Fsp3) is 0.615. The van der Waals surface area contributed by atoms with Crippen LogP contribution in [-0.2, 0) is 17.1 Å². The van der Waals surface area contributed by atoms with Crippen molar-refractivity contribution in [3.8, 4) is 0 Å². The summed E-state index contributed by atoms with van der Waals surface area (Å²) in [5.74, 6) is 4.58. The van der Waals surface area contributed by atoms with Gasteiger partial charge in [-0.15, -0.1) is 0 Å². The Morgan fingerprint density at radius 1 is 1.32 bits per heavy atom. The quantitative estimate of drug-likeness (QED) is 0.424. The summed E-state index contributed by atoms with van der Waals surface area (Å²) < 4.78 is 28.3. The van der Waals surface area contributed by atoms with Crippen LogP contribution in [-0.4, -0.2) is 60.8 Å². The number of carbonyl (C=O) groups excluding carboxylic acids is 1. The molecule has 0 aromatic carbocycles. The highest BCUT2D eigenvalue weighted by Gasteiger charge is 2.30. The van der Waals surface area contributed by atoms with Crippen LogP contribution >= 0.6 is 0 Å². The molecule has 0 atom stereocenters. The number of hydrogen-bond acceptors (Lipinski definition) is 5. The molecule has 9 heteroatoms. The van der Waals surface area contributed by atoms with Gasteiger partial charge in [-0.25, -0.2) is 14.3 Å². The van der Waals surface area contributed by atoms with E-state index in [2.05, 4.69) is 11.8 Å². The summed E-state index contributed by atoms with van der Waals surface area (Å²) in [6.45, 7) is 5.49. The maximum atomic E-state index is 12.7. The largest absolute Gasteiger partial charge is 0.345 e. The summed E-state index contributed by atoms with van der Waals surface area (Å²) in [6.07, 6.45) is 2.50. The first-order chi connectivity index (χ1) is 10.4. The van der Waals surface area contributed by atoms with E-state index in [1.807, 2.05) is 5.43 Å². The van der Waals surface area contributed by atoms with E-state index < -0.39 is 15.9 Å². The zero-order valence-electron chi connectivity index (χ0n) is 12.9. The van der Waals surface area contributed by atoms with E-state index >= 15 is 0 Å². The lowest BCUT2D eigenvalue weighted by atomic mass is 10.3. The Morgan fingerprint density at radius 2 is 1.95 bits per heavy atom. The first-order valence-electron chi connectivity index (χ1n) is 7.30. The van der Waals surface area contributed by atoms with Gasteiger partial charge in [-0.05, 0) is 19.0 Å². The van der Waals surface area contributed by atoms with Crippen molar-refractivity contribution in [1.29, 1.82) is 0 Å². The molecule has 8 nitrogen and oxygen atoms in total. The average molecular weight is 329 g/mol. The molecule has 1 aliphatic rings. The van der Waals surface area contributed by atoms with Crippen LogP contribution in [0.15, 0.2) is 17.2 Å². The van der Waals surface area contributed by atoms with Crippen LogP contribution in [0.1, 0.15) is 23.8 Å². The number of carbonyl (C=O) groups is 1. The van der Waals surface area contributed by atoms with E-state index in [1.165, 1.54) is 21.1 Å². The maximum Gasteiger partial charge on any atom is 0.281 e. The second kappa shape index (κ2) is 6.78. The highest BCUT2D eigenvalue weighted by Crippen LogP contribution is 2.20. The molecule has 22 heavy (non-hydrogen) atoms. The van der Waals surface area contributed by atoms with E-state index in [4.69, 9.17) is 5.84 Å². The molecule has 0 aliphatic carbocycles. The highest BCUT2D eigenvalue weighted by atomic mass is 32.2. The Kier molecular flexibility index (Phi) is 5.22. The minimum atomic E-state index is -3.58. The van der Waals surface area contributed by atoms with E-state index in [9.17, 15) is 13.2 Å². The maximum absolute atomic E-state index is 12.7. The second-order valence-electron chi connectivity index (χ2n) is 5.39. The molecule has 1 amide bonds. The van der Waals surface area contributed by atoms with Gasteiger partial charge >= 0.3 is 0 Å². The molecule has 1 aliphatic heterocycles. The normalized spacial score (nSPS) is 17.6. The van der Waals surface area contributed by atoms with Gasteiger partial charge in [0.05, 0.1) is 0 Å². The third kappa shape index (κ3) is 3.32. The van der Waals surface area contributed by atoms with Crippen molar-refractivity contribution in [2.24, 2.45) is 12.9 Å². The van der Waals surface area contributed by atoms with Crippen LogP contribution in [0.25, 0.3) is 0 Å². The lowest BCUT2D eigenvalue weighted by Gasteiger charge is -2.33. The summed E-state index contributed by atoms with van der Waals surface area (Å²) >= 11 is 0. The number of amides is 1. The number of aromatic nitrogens is 1. The predicted molar refractivity (Wildman–Crippen MR) is 82.6 cm³/mol. The average Bonchev–Trinajstić information content (AvgIpc) is 2.90. The topological polar surface area (TPSA) is 101 Å². The van der Waals surface area contributed by atoms with Gasteiger partial charge in [0.25, 0.3) is 5.91 Å². The molecule has 0 radical (unpaired) electrons. The Hall–Kier alpha value is -1.42. The molecule has 0 unspecified atom stereocenters. The monoisotopic (exact) mass is 329 g/mol. The zero-order valence-corrected chi connectivity index (χ0v) is 13.8. The molecule has 1 aromatic heterocycles. The lowest BCUT2D eigenvalue weighted by Crippen LogP contribution is -2.48. The molecule has 2 rings (SSSR count). The standard InChI is InChI=1S/C13H23N5O3S/c1-3-4-17-5-7-18(8-6-17)22(20,21)11-9-12(13(19)15-14)16(2)10-11/h9-10H,3-8,14H2,1-2H3,(H,15,19). The number of nitrogen functional groups attached to an aromatic ring is 1. The van der Waals surface area contributed by atoms with Crippen molar-refractivity contribution in [2.75, 3.05) is 32.7 Å². The number of piperazine rings is 1. The smallest absolute Gasteiger partial charge is 0.281 e. The highest BCUT2D eigenvalue weighted by molar-refractivity contribution is 7.89. The van der Waals surface area contributed by atoms with E-state index in [1.54, 1.807) is 7.05 Å². The van der Waals surface area contributed by atoms with Crippen LogP contribution < -0.4 is 11.3 Å². The van der Waals surface area contributed by atoms with Crippen molar-refractivity contribution < 1.29 is 13.2 Å². The van der Waals surface area contributed by atoms with Gasteiger partial charge in [-0.3, -0.25) is 10.2 Å². The van der Waals surface area contributed by atoms with Crippen molar-refractivity contribution in [3.63, 3.8) is 0 Å². The summed E-state index contributed by atoms with van der Waals surface area (Å²) in [6, 6.07) is 1.36. The third-order valence-electron chi connectivity index (χ3n) is 3.85. The number of rotatable bonds is 5. The Bertz CT molecular complexity index is 632. The van der Waals surface area contributed by atoms with E-state index in [0.717, 1.165) is 26.1 Å². The van der Waals surface area contributed by atoms with Gasteiger partial charge in [-0.2, -0.15) is 4.31 Å².